The largest absolute Gasteiger partial charge is 0.454 e. The average molecular weight is 564 g/mol. The molecule has 0 aliphatic carbocycles. The van der Waals surface area contributed by atoms with Gasteiger partial charge in [-0.25, -0.2) is 9.78 Å². The number of nitrogens with zero attached hydrogens (tertiary/aromatic N) is 1. The summed E-state index contributed by atoms with van der Waals surface area (Å²) in [6.45, 7) is 1.37. The van der Waals surface area contributed by atoms with Crippen molar-refractivity contribution in [2.45, 2.75) is 6.92 Å². The van der Waals surface area contributed by atoms with E-state index in [1.165, 1.54) is 12.1 Å². The number of ketones is 1. The van der Waals surface area contributed by atoms with E-state index in [4.69, 9.17) is 44.5 Å². The molecule has 3 aromatic carbocycles. The quantitative estimate of drug-likeness (QED) is 0.183. The number of benzene rings is 3. The second-order valence-electron chi connectivity index (χ2n) is 7.25. The average Bonchev–Trinajstić information content (AvgIpc) is 2.79. The molecule has 166 valence electrons. The maximum atomic E-state index is 13.1. The van der Waals surface area contributed by atoms with Gasteiger partial charge in [-0.2, -0.15) is 0 Å². The summed E-state index contributed by atoms with van der Waals surface area (Å²) in [6, 6.07) is 17.1. The van der Waals surface area contributed by atoms with E-state index in [0.717, 1.165) is 15.6 Å². The van der Waals surface area contributed by atoms with Crippen LogP contribution >= 0.6 is 50.7 Å². The number of ether oxygens (including phenoxy) is 1. The van der Waals surface area contributed by atoms with Gasteiger partial charge in [0.15, 0.2) is 6.61 Å². The van der Waals surface area contributed by atoms with Crippen LogP contribution < -0.4 is 0 Å². The number of aryl methyl sites for hydroxylation is 1. The standard InChI is InChI=1S/C25H15BrCl3NO3/c1-13-20(28)9-8-17-19(11-22(30-24(13)17)14-2-4-15(26)5-3-14)25(32)33-12-23(31)18-7-6-16(27)10-21(18)29/h2-11H,12H2,1H3. The number of pyridine rings is 1. The van der Waals surface area contributed by atoms with E-state index in [0.29, 0.717) is 26.6 Å². The molecule has 0 N–H and O–H groups in total. The van der Waals surface area contributed by atoms with Gasteiger partial charge in [0.05, 0.1) is 21.8 Å². The molecular weight excluding hydrogens is 549 g/mol. The summed E-state index contributed by atoms with van der Waals surface area (Å²) in [7, 11) is 0. The van der Waals surface area contributed by atoms with E-state index in [9.17, 15) is 9.59 Å². The first-order valence-electron chi connectivity index (χ1n) is 9.76. The predicted octanol–water partition coefficient (Wildman–Crippen LogP) is 7.97. The zero-order chi connectivity index (χ0) is 23.7. The number of Topliss-reactive ketones (excluding diaryl/α,β-unsaturated/α-hetero) is 1. The Morgan fingerprint density at radius 2 is 1.64 bits per heavy atom. The van der Waals surface area contributed by atoms with E-state index in [2.05, 4.69) is 15.9 Å². The highest BCUT2D eigenvalue weighted by Gasteiger charge is 2.20. The molecule has 1 aromatic heterocycles. The fourth-order valence-electron chi connectivity index (χ4n) is 3.34. The molecule has 0 unspecified atom stereocenters. The Morgan fingerprint density at radius 3 is 2.33 bits per heavy atom. The molecule has 0 fully saturated rings. The molecule has 4 rings (SSSR count). The molecule has 0 aliphatic heterocycles. The minimum absolute atomic E-state index is 0.195. The van der Waals surface area contributed by atoms with Crippen molar-refractivity contribution in [1.82, 2.24) is 4.98 Å². The van der Waals surface area contributed by atoms with Crippen LogP contribution in [0.1, 0.15) is 26.3 Å². The minimum atomic E-state index is -0.652. The van der Waals surface area contributed by atoms with Crippen molar-refractivity contribution in [2.75, 3.05) is 6.61 Å². The third kappa shape index (κ3) is 5.07. The monoisotopic (exact) mass is 561 g/mol. The number of esters is 1. The van der Waals surface area contributed by atoms with Gasteiger partial charge in [-0.1, -0.05) is 68.9 Å². The lowest BCUT2D eigenvalue weighted by molar-refractivity contribution is 0.0476. The lowest BCUT2D eigenvalue weighted by Gasteiger charge is -2.12. The molecule has 4 aromatic rings. The van der Waals surface area contributed by atoms with Gasteiger partial charge in [-0.05, 0) is 55.0 Å². The molecule has 0 spiro atoms. The maximum absolute atomic E-state index is 13.1. The Balaban J connectivity index is 1.70. The molecule has 4 nitrogen and oxygen atoms in total. The molecule has 0 atom stereocenters. The van der Waals surface area contributed by atoms with E-state index in [1.807, 2.05) is 31.2 Å². The van der Waals surface area contributed by atoms with Gasteiger partial charge in [0.25, 0.3) is 0 Å². The van der Waals surface area contributed by atoms with Crippen molar-refractivity contribution in [3.05, 3.63) is 96.9 Å². The number of hydrogen-bond acceptors (Lipinski definition) is 4. The summed E-state index contributed by atoms with van der Waals surface area (Å²) < 4.78 is 6.29. The summed E-state index contributed by atoms with van der Waals surface area (Å²) in [6.07, 6.45) is 0. The molecule has 0 bridgehead atoms. The van der Waals surface area contributed by atoms with Crippen LogP contribution in [-0.4, -0.2) is 23.3 Å². The highest BCUT2D eigenvalue weighted by molar-refractivity contribution is 9.10. The van der Waals surface area contributed by atoms with Gasteiger partial charge in [0.1, 0.15) is 0 Å². The van der Waals surface area contributed by atoms with Crippen LogP contribution in [0, 0.1) is 6.92 Å². The Kier molecular flexibility index (Phi) is 7.05. The Morgan fingerprint density at radius 1 is 0.909 bits per heavy atom. The van der Waals surface area contributed by atoms with Crippen molar-refractivity contribution >= 4 is 73.4 Å². The molecule has 0 aliphatic rings. The van der Waals surface area contributed by atoms with Crippen LogP contribution in [0.3, 0.4) is 0 Å². The van der Waals surface area contributed by atoms with E-state index >= 15 is 0 Å². The van der Waals surface area contributed by atoms with E-state index in [1.54, 1.807) is 24.3 Å². The van der Waals surface area contributed by atoms with Gasteiger partial charge in [0.2, 0.25) is 5.78 Å². The molecule has 8 heteroatoms. The first-order chi connectivity index (χ1) is 15.7. The van der Waals surface area contributed by atoms with Crippen LogP contribution in [0.4, 0.5) is 0 Å². The zero-order valence-corrected chi connectivity index (χ0v) is 21.0. The van der Waals surface area contributed by atoms with Gasteiger partial charge in [-0.3, -0.25) is 4.79 Å². The summed E-state index contributed by atoms with van der Waals surface area (Å²) in [5, 5.41) is 1.72. The van der Waals surface area contributed by atoms with Crippen LogP contribution in [0.5, 0.6) is 0 Å². The number of aromatic nitrogens is 1. The van der Waals surface area contributed by atoms with Crippen molar-refractivity contribution in [3.8, 4) is 11.3 Å². The van der Waals surface area contributed by atoms with E-state index < -0.39 is 18.4 Å². The fourth-order valence-corrected chi connectivity index (χ4v) is 4.27. The summed E-state index contributed by atoms with van der Waals surface area (Å²) in [4.78, 5) is 30.4. The topological polar surface area (TPSA) is 56.3 Å². The highest BCUT2D eigenvalue weighted by Crippen LogP contribution is 2.31. The van der Waals surface area contributed by atoms with Gasteiger partial charge >= 0.3 is 5.97 Å². The lowest BCUT2D eigenvalue weighted by atomic mass is 10.0. The SMILES string of the molecule is Cc1c(Cl)ccc2c(C(=O)OCC(=O)c3ccc(Cl)cc3Cl)cc(-c3ccc(Br)cc3)nc12. The molecule has 0 saturated heterocycles. The number of halogens is 4. The predicted molar refractivity (Wildman–Crippen MR) is 136 cm³/mol. The molecule has 0 amide bonds. The van der Waals surface area contributed by atoms with Crippen LogP contribution in [-0.2, 0) is 4.74 Å². The maximum Gasteiger partial charge on any atom is 0.339 e. The van der Waals surface area contributed by atoms with Gasteiger partial charge in [0, 0.05) is 31.0 Å². The highest BCUT2D eigenvalue weighted by atomic mass is 79.9. The number of carbonyl (C=O) groups excluding carboxylic acids is 2. The number of carbonyl (C=O) groups is 2. The summed E-state index contributed by atoms with van der Waals surface area (Å²) >= 11 is 21.7. The minimum Gasteiger partial charge on any atom is -0.454 e. The third-order valence-electron chi connectivity index (χ3n) is 5.09. The smallest absolute Gasteiger partial charge is 0.339 e. The van der Waals surface area contributed by atoms with Gasteiger partial charge < -0.3 is 4.74 Å². The van der Waals surface area contributed by atoms with Crippen molar-refractivity contribution in [2.24, 2.45) is 0 Å². The van der Waals surface area contributed by atoms with Crippen LogP contribution in [0.25, 0.3) is 22.2 Å². The Bertz CT molecular complexity index is 1400. The number of fused-ring (bicyclic) bond motifs is 1. The van der Waals surface area contributed by atoms with Crippen molar-refractivity contribution in [1.29, 1.82) is 0 Å². The molecule has 0 saturated carbocycles. The zero-order valence-electron chi connectivity index (χ0n) is 17.2. The van der Waals surface area contributed by atoms with E-state index in [-0.39, 0.29) is 16.1 Å². The first kappa shape index (κ1) is 23.7. The number of hydrogen-bond donors (Lipinski definition) is 0. The summed E-state index contributed by atoms with van der Waals surface area (Å²) in [5.74, 6) is -1.09. The first-order valence-corrected chi connectivity index (χ1v) is 11.7. The Hall–Kier alpha value is -2.44. The van der Waals surface area contributed by atoms with Gasteiger partial charge in [-0.15, -0.1) is 0 Å². The van der Waals surface area contributed by atoms with Crippen molar-refractivity contribution in [3.63, 3.8) is 0 Å². The third-order valence-corrected chi connectivity index (χ3v) is 6.58. The molecule has 1 heterocycles. The summed E-state index contributed by atoms with van der Waals surface area (Å²) in [5.41, 5.74) is 3.24. The van der Waals surface area contributed by atoms with Crippen molar-refractivity contribution < 1.29 is 14.3 Å². The molecule has 33 heavy (non-hydrogen) atoms. The second kappa shape index (κ2) is 9.82. The molecular formula is C25H15BrCl3NO3. The van der Waals surface area contributed by atoms with Crippen LogP contribution in [0.2, 0.25) is 15.1 Å². The normalized spacial score (nSPS) is 10.9. The van der Waals surface area contributed by atoms with Crippen LogP contribution in [0.15, 0.2) is 65.1 Å². The fraction of sp³-hybridized carbons (Fsp3) is 0.0800. The lowest BCUT2D eigenvalue weighted by Crippen LogP contribution is -2.15. The number of rotatable bonds is 5. The second-order valence-corrected chi connectivity index (χ2v) is 9.42. The molecule has 0 radical (unpaired) electrons. The Labute approximate surface area is 213 Å².